The number of likely N-dealkylation sites (N-methyl/N-ethyl adjacent to an activating group) is 1. The van der Waals surface area contributed by atoms with Gasteiger partial charge >= 0.3 is 0 Å². The van der Waals surface area contributed by atoms with Crippen LogP contribution in [0.15, 0.2) is 30.3 Å². The smallest absolute Gasteiger partial charge is 0.0176 e. The van der Waals surface area contributed by atoms with Gasteiger partial charge in [-0.2, -0.15) is 0 Å². The molecular weight excluding hydrogens is 232 g/mol. The van der Waals surface area contributed by atoms with Crippen molar-refractivity contribution in [3.8, 4) is 0 Å². The first-order valence-corrected chi connectivity index (χ1v) is 7.47. The largest absolute Gasteiger partial charge is 0.319 e. The van der Waals surface area contributed by atoms with Crippen LogP contribution >= 0.6 is 0 Å². The second-order valence-electron chi connectivity index (χ2n) is 6.61. The van der Waals surface area contributed by atoms with Gasteiger partial charge in [0.1, 0.15) is 0 Å². The minimum absolute atomic E-state index is 0.194. The van der Waals surface area contributed by atoms with Crippen molar-refractivity contribution in [1.82, 2.24) is 10.2 Å². The lowest BCUT2D eigenvalue weighted by Gasteiger charge is -2.34. The molecule has 3 atom stereocenters. The average molecular weight is 260 g/mol. The molecular formula is C17H28N2. The van der Waals surface area contributed by atoms with Crippen LogP contribution in [0.4, 0.5) is 0 Å². The van der Waals surface area contributed by atoms with E-state index in [0.29, 0.717) is 0 Å². The van der Waals surface area contributed by atoms with Crippen LogP contribution in [0.25, 0.3) is 0 Å². The number of nitrogens with zero attached hydrogens (tertiary/aromatic N) is 1. The predicted octanol–water partition coefficient (Wildman–Crippen LogP) is 2.75. The van der Waals surface area contributed by atoms with E-state index in [1.165, 1.54) is 18.7 Å². The summed E-state index contributed by atoms with van der Waals surface area (Å²) in [5, 5.41) is 3.38. The standard InChI is InChI=1S/C17H28N2/c1-14-10-19(11-15(14)2)13-17(3,12-18-4)16-8-6-5-7-9-16/h5-9,14-15,18H,10-13H2,1-4H3. The number of likely N-dealkylation sites (tertiary alicyclic amines) is 1. The Morgan fingerprint density at radius 1 is 1.16 bits per heavy atom. The summed E-state index contributed by atoms with van der Waals surface area (Å²) >= 11 is 0. The summed E-state index contributed by atoms with van der Waals surface area (Å²) < 4.78 is 0. The van der Waals surface area contributed by atoms with Gasteiger partial charge in [0.05, 0.1) is 0 Å². The topological polar surface area (TPSA) is 15.3 Å². The molecule has 1 saturated heterocycles. The van der Waals surface area contributed by atoms with Crippen molar-refractivity contribution in [3.63, 3.8) is 0 Å². The Bertz CT molecular complexity index is 380. The maximum absolute atomic E-state index is 3.38. The van der Waals surface area contributed by atoms with Crippen molar-refractivity contribution in [2.45, 2.75) is 26.2 Å². The third kappa shape index (κ3) is 3.37. The average Bonchev–Trinajstić information content (AvgIpc) is 2.69. The third-order valence-electron chi connectivity index (χ3n) is 4.67. The summed E-state index contributed by atoms with van der Waals surface area (Å²) in [6.45, 7) is 11.8. The number of hydrogen-bond acceptors (Lipinski definition) is 2. The van der Waals surface area contributed by atoms with Gasteiger partial charge in [-0.3, -0.25) is 0 Å². The van der Waals surface area contributed by atoms with Crippen molar-refractivity contribution >= 4 is 0 Å². The predicted molar refractivity (Wildman–Crippen MR) is 82.5 cm³/mol. The van der Waals surface area contributed by atoms with Gasteiger partial charge in [0.25, 0.3) is 0 Å². The third-order valence-corrected chi connectivity index (χ3v) is 4.67. The van der Waals surface area contributed by atoms with E-state index in [2.05, 4.69) is 68.4 Å². The molecule has 0 radical (unpaired) electrons. The number of benzene rings is 1. The van der Waals surface area contributed by atoms with Crippen LogP contribution in [0.3, 0.4) is 0 Å². The molecule has 0 amide bonds. The molecule has 19 heavy (non-hydrogen) atoms. The summed E-state index contributed by atoms with van der Waals surface area (Å²) in [6.07, 6.45) is 0. The molecule has 1 aliphatic rings. The van der Waals surface area contributed by atoms with Gasteiger partial charge in [-0.05, 0) is 24.4 Å². The van der Waals surface area contributed by atoms with Gasteiger partial charge in [0.2, 0.25) is 0 Å². The highest BCUT2D eigenvalue weighted by Crippen LogP contribution is 2.29. The van der Waals surface area contributed by atoms with Crippen LogP contribution in [0, 0.1) is 11.8 Å². The molecule has 0 aromatic heterocycles. The summed E-state index contributed by atoms with van der Waals surface area (Å²) in [6, 6.07) is 10.9. The van der Waals surface area contributed by atoms with E-state index in [4.69, 9.17) is 0 Å². The Morgan fingerprint density at radius 2 is 1.74 bits per heavy atom. The molecule has 1 aromatic carbocycles. The van der Waals surface area contributed by atoms with E-state index >= 15 is 0 Å². The van der Waals surface area contributed by atoms with Crippen molar-refractivity contribution in [2.24, 2.45) is 11.8 Å². The molecule has 0 bridgehead atoms. The first-order valence-electron chi connectivity index (χ1n) is 7.47. The first kappa shape index (κ1) is 14.5. The number of nitrogens with one attached hydrogen (secondary N) is 1. The van der Waals surface area contributed by atoms with Crippen LogP contribution in [-0.2, 0) is 5.41 Å². The van der Waals surface area contributed by atoms with E-state index < -0.39 is 0 Å². The van der Waals surface area contributed by atoms with Crippen LogP contribution < -0.4 is 5.32 Å². The maximum atomic E-state index is 3.38. The Kier molecular flexibility index (Phi) is 4.64. The van der Waals surface area contributed by atoms with E-state index in [1.54, 1.807) is 0 Å². The van der Waals surface area contributed by atoms with Gasteiger partial charge < -0.3 is 10.2 Å². The molecule has 2 nitrogen and oxygen atoms in total. The second kappa shape index (κ2) is 6.06. The fourth-order valence-corrected chi connectivity index (χ4v) is 3.35. The van der Waals surface area contributed by atoms with Crippen LogP contribution in [0.5, 0.6) is 0 Å². The zero-order valence-electron chi connectivity index (χ0n) is 12.8. The maximum Gasteiger partial charge on any atom is 0.0176 e. The SMILES string of the molecule is CNCC(C)(CN1CC(C)C(C)C1)c1ccccc1. The summed E-state index contributed by atoms with van der Waals surface area (Å²) in [5.41, 5.74) is 1.64. The Morgan fingerprint density at radius 3 is 2.26 bits per heavy atom. The molecule has 0 spiro atoms. The highest BCUT2D eigenvalue weighted by molar-refractivity contribution is 5.25. The fraction of sp³-hybridized carbons (Fsp3) is 0.647. The fourth-order valence-electron chi connectivity index (χ4n) is 3.35. The van der Waals surface area contributed by atoms with Gasteiger partial charge in [-0.15, -0.1) is 0 Å². The summed E-state index contributed by atoms with van der Waals surface area (Å²) in [5.74, 6) is 1.66. The summed E-state index contributed by atoms with van der Waals surface area (Å²) in [4.78, 5) is 2.64. The number of hydrogen-bond donors (Lipinski definition) is 1. The molecule has 1 fully saturated rings. The Balaban J connectivity index is 2.12. The van der Waals surface area contributed by atoms with Crippen molar-refractivity contribution in [2.75, 3.05) is 33.2 Å². The first-order chi connectivity index (χ1) is 9.05. The Hall–Kier alpha value is -0.860. The van der Waals surface area contributed by atoms with Crippen molar-refractivity contribution < 1.29 is 0 Å². The minimum atomic E-state index is 0.194. The van der Waals surface area contributed by atoms with E-state index in [1.807, 2.05) is 0 Å². The Labute approximate surface area is 118 Å². The molecule has 2 heteroatoms. The normalized spacial score (nSPS) is 27.4. The van der Waals surface area contributed by atoms with Crippen LogP contribution in [-0.4, -0.2) is 38.1 Å². The monoisotopic (exact) mass is 260 g/mol. The highest BCUT2D eigenvalue weighted by Gasteiger charge is 2.33. The number of rotatable bonds is 5. The van der Waals surface area contributed by atoms with Gasteiger partial charge in [0, 0.05) is 31.6 Å². The lowest BCUT2D eigenvalue weighted by molar-refractivity contribution is 0.244. The summed E-state index contributed by atoms with van der Waals surface area (Å²) in [7, 11) is 2.05. The lowest BCUT2D eigenvalue weighted by Crippen LogP contribution is -2.44. The molecule has 0 aliphatic carbocycles. The van der Waals surface area contributed by atoms with E-state index in [0.717, 1.165) is 24.9 Å². The van der Waals surface area contributed by atoms with Crippen molar-refractivity contribution in [3.05, 3.63) is 35.9 Å². The molecule has 106 valence electrons. The van der Waals surface area contributed by atoms with Gasteiger partial charge in [-0.25, -0.2) is 0 Å². The van der Waals surface area contributed by atoms with E-state index in [-0.39, 0.29) is 5.41 Å². The molecule has 0 saturated carbocycles. The molecule has 2 rings (SSSR count). The molecule has 1 aliphatic heterocycles. The minimum Gasteiger partial charge on any atom is -0.319 e. The quantitative estimate of drug-likeness (QED) is 0.876. The molecule has 3 unspecified atom stereocenters. The highest BCUT2D eigenvalue weighted by atomic mass is 15.2. The lowest BCUT2D eigenvalue weighted by atomic mass is 9.82. The van der Waals surface area contributed by atoms with E-state index in [9.17, 15) is 0 Å². The van der Waals surface area contributed by atoms with Gasteiger partial charge in [-0.1, -0.05) is 51.1 Å². The molecule has 1 aromatic rings. The van der Waals surface area contributed by atoms with Crippen molar-refractivity contribution in [1.29, 1.82) is 0 Å². The second-order valence-corrected chi connectivity index (χ2v) is 6.61. The molecule has 1 heterocycles. The zero-order valence-corrected chi connectivity index (χ0v) is 12.8. The zero-order chi connectivity index (χ0) is 13.9. The molecule has 1 N–H and O–H groups in total. The van der Waals surface area contributed by atoms with Crippen LogP contribution in [0.1, 0.15) is 26.3 Å². The van der Waals surface area contributed by atoms with Crippen LogP contribution in [0.2, 0.25) is 0 Å². The van der Waals surface area contributed by atoms with Gasteiger partial charge in [0.15, 0.2) is 0 Å².